The topological polar surface area (TPSA) is 13.1 Å². The highest BCUT2D eigenvalue weighted by atomic mass is 16.3. The highest BCUT2D eigenvalue weighted by Crippen LogP contribution is 2.51. The van der Waals surface area contributed by atoms with E-state index in [9.17, 15) is 0 Å². The van der Waals surface area contributed by atoms with Gasteiger partial charge in [-0.15, -0.1) is 0 Å². The van der Waals surface area contributed by atoms with Gasteiger partial charge in [-0.2, -0.15) is 0 Å². The van der Waals surface area contributed by atoms with Gasteiger partial charge in [0, 0.05) is 21.8 Å². The standard InChI is InChI=1S/C49H32O/c1-49(2)42-14-8-6-12-36(42)37-23-20-32(28-43(37)49)33-21-16-30-19-25-39-35(22-17-31-18-24-38(33)45(30)46(31)39)40-27-26-34(29-10-4-3-5-11-29)48-47(40)41-13-7-9-15-44(41)50-48/h3-28H,1-2H3/i3D,4D,5D,10D,11D. The van der Waals surface area contributed by atoms with Crippen molar-refractivity contribution in [1.82, 2.24) is 0 Å². The summed E-state index contributed by atoms with van der Waals surface area (Å²) in [6, 6.07) is 43.5. The number of furan rings is 1. The van der Waals surface area contributed by atoms with Crippen LogP contribution in [0.2, 0.25) is 0 Å². The van der Waals surface area contributed by atoms with E-state index in [0.29, 0.717) is 16.7 Å². The molecule has 9 aromatic carbocycles. The normalized spacial score (nSPS) is 15.0. The summed E-state index contributed by atoms with van der Waals surface area (Å²) in [4.78, 5) is 0. The Balaban J connectivity index is 1.16. The molecule has 0 saturated carbocycles. The average Bonchev–Trinajstić information content (AvgIpc) is 3.71. The Kier molecular flexibility index (Phi) is 4.61. The summed E-state index contributed by atoms with van der Waals surface area (Å²) in [5, 5.41) is 8.81. The van der Waals surface area contributed by atoms with Crippen molar-refractivity contribution in [2.24, 2.45) is 0 Å². The maximum atomic E-state index is 8.78. The van der Waals surface area contributed by atoms with Crippen LogP contribution in [0, 0.1) is 0 Å². The van der Waals surface area contributed by atoms with Crippen LogP contribution < -0.4 is 0 Å². The second kappa shape index (κ2) is 9.94. The maximum Gasteiger partial charge on any atom is 0.143 e. The van der Waals surface area contributed by atoms with E-state index in [-0.39, 0.29) is 35.1 Å². The molecule has 0 bridgehead atoms. The third-order valence-corrected chi connectivity index (χ3v) is 11.1. The van der Waals surface area contributed by atoms with Gasteiger partial charge in [0.05, 0.1) is 6.85 Å². The molecule has 0 radical (unpaired) electrons. The predicted octanol–water partition coefficient (Wildman–Crippen LogP) is 13.8. The summed E-state index contributed by atoms with van der Waals surface area (Å²) in [5.74, 6) is 0. The first-order chi connectivity index (χ1) is 26.6. The lowest BCUT2D eigenvalue weighted by atomic mass is 9.81. The van der Waals surface area contributed by atoms with Gasteiger partial charge in [0.15, 0.2) is 0 Å². The summed E-state index contributed by atoms with van der Waals surface area (Å²) in [6.45, 7) is 4.65. The lowest BCUT2D eigenvalue weighted by Gasteiger charge is -2.22. The molecule has 1 aliphatic rings. The van der Waals surface area contributed by atoms with Crippen molar-refractivity contribution >= 4 is 54.3 Å². The van der Waals surface area contributed by atoms with Gasteiger partial charge in [0.25, 0.3) is 0 Å². The zero-order valence-corrected chi connectivity index (χ0v) is 27.5. The van der Waals surface area contributed by atoms with Crippen molar-refractivity contribution in [3.63, 3.8) is 0 Å². The predicted molar refractivity (Wildman–Crippen MR) is 211 cm³/mol. The van der Waals surface area contributed by atoms with Crippen LogP contribution in [-0.4, -0.2) is 0 Å². The summed E-state index contributed by atoms with van der Waals surface area (Å²) in [7, 11) is 0. The van der Waals surface area contributed by atoms with E-state index in [1.54, 1.807) is 0 Å². The first kappa shape index (κ1) is 23.2. The fraction of sp³-hybridized carbons (Fsp3) is 0.0612. The smallest absolute Gasteiger partial charge is 0.143 e. The van der Waals surface area contributed by atoms with Crippen molar-refractivity contribution < 1.29 is 11.3 Å². The Morgan fingerprint density at radius 3 is 1.90 bits per heavy atom. The van der Waals surface area contributed by atoms with Gasteiger partial charge in [-0.1, -0.05) is 153 Å². The lowest BCUT2D eigenvalue weighted by molar-refractivity contribution is 0.660. The van der Waals surface area contributed by atoms with Crippen molar-refractivity contribution in [3.8, 4) is 44.5 Å². The number of hydrogen-bond donors (Lipinski definition) is 0. The molecule has 0 aliphatic heterocycles. The molecule has 50 heavy (non-hydrogen) atoms. The third-order valence-electron chi connectivity index (χ3n) is 11.1. The first-order valence-electron chi connectivity index (χ1n) is 19.6. The number of fused-ring (bicyclic) bond motifs is 6. The molecule has 1 aromatic heterocycles. The molecule has 0 saturated heterocycles. The average molecular weight is 642 g/mol. The van der Waals surface area contributed by atoms with Crippen LogP contribution in [0.4, 0.5) is 0 Å². The molecule has 1 nitrogen and oxygen atoms in total. The SMILES string of the molecule is [2H]c1c([2H])c([2H])c(-c2ccc(-c3ccc4ccc5c(-c6ccc7c(c6)C(C)(C)c6ccccc6-7)ccc6ccc3c4c65)c3c2oc2ccccc23)c([2H])c1[2H]. The van der Waals surface area contributed by atoms with Crippen LogP contribution in [0.15, 0.2) is 162 Å². The van der Waals surface area contributed by atoms with E-state index >= 15 is 0 Å². The van der Waals surface area contributed by atoms with E-state index in [0.717, 1.165) is 32.7 Å². The van der Waals surface area contributed by atoms with Gasteiger partial charge >= 0.3 is 0 Å². The largest absolute Gasteiger partial charge is 0.455 e. The highest BCUT2D eigenvalue weighted by Gasteiger charge is 2.35. The molecule has 0 unspecified atom stereocenters. The Morgan fingerprint density at radius 2 is 1.08 bits per heavy atom. The van der Waals surface area contributed by atoms with E-state index in [4.69, 9.17) is 11.3 Å². The Morgan fingerprint density at radius 1 is 0.460 bits per heavy atom. The third kappa shape index (κ3) is 3.67. The van der Waals surface area contributed by atoms with Crippen LogP contribution in [0.25, 0.3) is 98.8 Å². The molecule has 234 valence electrons. The van der Waals surface area contributed by atoms with E-state index < -0.39 is 6.04 Å². The second-order valence-electron chi connectivity index (χ2n) is 14.0. The summed E-state index contributed by atoms with van der Waals surface area (Å²) >= 11 is 0. The van der Waals surface area contributed by atoms with Gasteiger partial charge in [-0.25, -0.2) is 0 Å². The zero-order chi connectivity index (χ0) is 37.5. The summed E-state index contributed by atoms with van der Waals surface area (Å²) < 4.78 is 49.0. The minimum atomic E-state index is -0.418. The number of para-hydroxylation sites is 1. The van der Waals surface area contributed by atoms with Gasteiger partial charge in [-0.3, -0.25) is 0 Å². The fourth-order valence-electron chi connectivity index (χ4n) is 8.79. The van der Waals surface area contributed by atoms with E-state index in [1.807, 2.05) is 36.4 Å². The molecule has 1 aliphatic carbocycles. The number of hydrogen-bond acceptors (Lipinski definition) is 1. The van der Waals surface area contributed by atoms with E-state index in [1.165, 1.54) is 54.9 Å². The zero-order valence-electron chi connectivity index (χ0n) is 32.5. The molecular formula is C49H32O. The van der Waals surface area contributed by atoms with Crippen LogP contribution in [-0.2, 0) is 5.41 Å². The van der Waals surface area contributed by atoms with Crippen LogP contribution in [0.1, 0.15) is 31.8 Å². The molecule has 0 fully saturated rings. The molecule has 0 spiro atoms. The quantitative estimate of drug-likeness (QED) is 0.175. The lowest BCUT2D eigenvalue weighted by Crippen LogP contribution is -2.14. The highest BCUT2D eigenvalue weighted by molar-refractivity contribution is 6.29. The minimum Gasteiger partial charge on any atom is -0.455 e. The Labute approximate surface area is 297 Å². The van der Waals surface area contributed by atoms with Crippen LogP contribution in [0.3, 0.4) is 0 Å². The molecule has 0 amide bonds. The summed E-state index contributed by atoms with van der Waals surface area (Å²) in [5.41, 5.74) is 11.4. The van der Waals surface area contributed by atoms with E-state index in [2.05, 4.69) is 105 Å². The van der Waals surface area contributed by atoms with Gasteiger partial charge in [0.1, 0.15) is 11.2 Å². The molecule has 1 heterocycles. The van der Waals surface area contributed by atoms with Crippen LogP contribution >= 0.6 is 0 Å². The summed E-state index contributed by atoms with van der Waals surface area (Å²) in [6.07, 6.45) is 0. The molecule has 11 rings (SSSR count). The van der Waals surface area contributed by atoms with Crippen molar-refractivity contribution in [3.05, 3.63) is 169 Å². The molecule has 0 N–H and O–H groups in total. The van der Waals surface area contributed by atoms with Crippen molar-refractivity contribution in [2.45, 2.75) is 19.3 Å². The number of rotatable bonds is 3. The molecule has 10 aromatic rings. The Bertz CT molecular complexity index is 3270. The van der Waals surface area contributed by atoms with Crippen molar-refractivity contribution in [2.75, 3.05) is 0 Å². The van der Waals surface area contributed by atoms with Gasteiger partial charge in [0.2, 0.25) is 0 Å². The second-order valence-corrected chi connectivity index (χ2v) is 14.0. The fourth-order valence-corrected chi connectivity index (χ4v) is 8.79. The van der Waals surface area contributed by atoms with Gasteiger partial charge in [-0.05, 0) is 101 Å². The van der Waals surface area contributed by atoms with Crippen LogP contribution in [0.5, 0.6) is 0 Å². The first-order valence-corrected chi connectivity index (χ1v) is 17.1. The van der Waals surface area contributed by atoms with Crippen molar-refractivity contribution in [1.29, 1.82) is 0 Å². The van der Waals surface area contributed by atoms with Gasteiger partial charge < -0.3 is 4.42 Å². The number of benzene rings is 9. The molecular weight excluding hydrogens is 605 g/mol. The monoisotopic (exact) mass is 641 g/mol. The molecule has 1 heteroatoms. The minimum absolute atomic E-state index is 0.0959. The Hall–Kier alpha value is -6.18. The molecule has 0 atom stereocenters. The maximum absolute atomic E-state index is 8.78.